The first-order chi connectivity index (χ1) is 15.5. The van der Waals surface area contributed by atoms with Gasteiger partial charge in [-0.3, -0.25) is 4.79 Å². The van der Waals surface area contributed by atoms with E-state index in [1.807, 2.05) is 19.1 Å². The van der Waals surface area contributed by atoms with Crippen molar-refractivity contribution in [2.24, 2.45) is 45.0 Å². The molecule has 5 saturated carbocycles. The van der Waals surface area contributed by atoms with Gasteiger partial charge >= 0.3 is 0 Å². The molecule has 6 atom stereocenters. The number of amides is 1. The number of hydrazone groups is 1. The zero-order valence-corrected chi connectivity index (χ0v) is 20.0. The minimum atomic E-state index is -0.0331. The standard InChI is InChI=1S/C29H40N2O/c1-3-6-21(19-20-8-9-20)26(32)31-30-25-13-12-23-24-11-10-22-7-4-5-14-28(22)17-18-29(24,28)16-15-27(23,25)2/h3-6,19-20,22-24H,7-18H2,1-2H3,(H,31,32)/b6-3-,21-19+,30-25+. The van der Waals surface area contributed by atoms with Gasteiger partial charge in [0.2, 0.25) is 0 Å². The van der Waals surface area contributed by atoms with Crippen LogP contribution in [0, 0.1) is 39.9 Å². The van der Waals surface area contributed by atoms with Gasteiger partial charge in [-0.1, -0.05) is 37.3 Å². The quantitative estimate of drug-likeness (QED) is 0.228. The van der Waals surface area contributed by atoms with Gasteiger partial charge in [0.05, 0.1) is 0 Å². The van der Waals surface area contributed by atoms with Crippen LogP contribution in [0.3, 0.4) is 0 Å². The summed E-state index contributed by atoms with van der Waals surface area (Å²) in [5, 5.41) is 4.82. The van der Waals surface area contributed by atoms with E-state index >= 15 is 0 Å². The summed E-state index contributed by atoms with van der Waals surface area (Å²) in [6.45, 7) is 4.46. The van der Waals surface area contributed by atoms with Crippen LogP contribution in [0.25, 0.3) is 0 Å². The Labute approximate surface area is 193 Å². The van der Waals surface area contributed by atoms with Gasteiger partial charge < -0.3 is 0 Å². The van der Waals surface area contributed by atoms with Crippen molar-refractivity contribution in [2.45, 2.75) is 90.9 Å². The Morgan fingerprint density at radius 1 is 1.03 bits per heavy atom. The molecular weight excluding hydrogens is 392 g/mol. The summed E-state index contributed by atoms with van der Waals surface area (Å²) in [7, 11) is 0. The molecule has 0 saturated heterocycles. The third-order valence-corrected chi connectivity index (χ3v) is 11.1. The summed E-state index contributed by atoms with van der Waals surface area (Å²) >= 11 is 0. The van der Waals surface area contributed by atoms with Gasteiger partial charge in [-0.25, -0.2) is 5.43 Å². The molecule has 1 amide bonds. The molecule has 0 bridgehead atoms. The average molecular weight is 433 g/mol. The maximum atomic E-state index is 12.9. The molecule has 172 valence electrons. The van der Waals surface area contributed by atoms with Gasteiger partial charge in [0.1, 0.15) is 0 Å². The van der Waals surface area contributed by atoms with Crippen LogP contribution in [0.5, 0.6) is 0 Å². The number of allylic oxidation sites excluding steroid dienone is 4. The predicted molar refractivity (Wildman–Crippen MR) is 130 cm³/mol. The summed E-state index contributed by atoms with van der Waals surface area (Å²) in [5.74, 6) is 3.12. The Bertz CT molecular complexity index is 923. The van der Waals surface area contributed by atoms with Crippen LogP contribution in [-0.4, -0.2) is 11.6 Å². The molecule has 0 aliphatic heterocycles. The molecule has 6 unspecified atom stereocenters. The number of nitrogens with one attached hydrogen (secondary N) is 1. The molecule has 0 aromatic rings. The highest BCUT2D eigenvalue weighted by Crippen LogP contribution is 2.78. The van der Waals surface area contributed by atoms with Crippen molar-refractivity contribution in [1.29, 1.82) is 0 Å². The summed E-state index contributed by atoms with van der Waals surface area (Å²) in [6, 6.07) is 0. The normalized spacial score (nSPS) is 46.2. The molecule has 5 fully saturated rings. The second-order valence-corrected chi connectivity index (χ2v) is 12.1. The minimum Gasteiger partial charge on any atom is -0.267 e. The van der Waals surface area contributed by atoms with E-state index in [1.54, 1.807) is 0 Å². The van der Waals surface area contributed by atoms with Crippen molar-refractivity contribution in [3.8, 4) is 0 Å². The van der Waals surface area contributed by atoms with Gasteiger partial charge in [0, 0.05) is 16.7 Å². The second kappa shape index (κ2) is 7.43. The molecule has 6 aliphatic carbocycles. The molecule has 0 radical (unpaired) electrons. The van der Waals surface area contributed by atoms with E-state index in [4.69, 9.17) is 5.10 Å². The van der Waals surface area contributed by atoms with E-state index in [2.05, 4.69) is 30.6 Å². The molecule has 1 N–H and O–H groups in total. The summed E-state index contributed by atoms with van der Waals surface area (Å²) in [6.07, 6.45) is 26.9. The lowest BCUT2D eigenvalue weighted by atomic mass is 9.31. The molecular formula is C29H40N2O. The van der Waals surface area contributed by atoms with Crippen LogP contribution in [0.2, 0.25) is 0 Å². The van der Waals surface area contributed by atoms with Crippen LogP contribution >= 0.6 is 0 Å². The first-order valence-corrected chi connectivity index (χ1v) is 13.4. The third kappa shape index (κ3) is 2.85. The van der Waals surface area contributed by atoms with Crippen LogP contribution in [0.1, 0.15) is 90.9 Å². The van der Waals surface area contributed by atoms with Crippen molar-refractivity contribution in [2.75, 3.05) is 0 Å². The van der Waals surface area contributed by atoms with Crippen LogP contribution in [-0.2, 0) is 4.79 Å². The first kappa shape index (κ1) is 20.9. The smallest absolute Gasteiger partial charge is 0.267 e. The number of fused-ring (bicyclic) bond motifs is 2. The average Bonchev–Trinajstić information content (AvgIpc) is 3.54. The predicted octanol–water partition coefficient (Wildman–Crippen LogP) is 6.72. The fourth-order valence-electron chi connectivity index (χ4n) is 9.22. The first-order valence-electron chi connectivity index (χ1n) is 13.4. The zero-order chi connectivity index (χ0) is 22.0. The minimum absolute atomic E-state index is 0.0331. The van der Waals surface area contributed by atoms with Crippen LogP contribution in [0.15, 0.2) is 41.1 Å². The number of hydrogen-bond acceptors (Lipinski definition) is 2. The van der Waals surface area contributed by atoms with Crippen molar-refractivity contribution >= 4 is 11.6 Å². The molecule has 3 heteroatoms. The number of carbonyl (C=O) groups excluding carboxylic acids is 1. The number of rotatable bonds is 4. The number of nitrogens with zero attached hydrogens (tertiary/aromatic N) is 1. The van der Waals surface area contributed by atoms with Crippen molar-refractivity contribution < 1.29 is 4.79 Å². The molecule has 0 heterocycles. The maximum Gasteiger partial charge on any atom is 0.271 e. The van der Waals surface area contributed by atoms with E-state index < -0.39 is 0 Å². The fraction of sp³-hybridized carbons (Fsp3) is 0.724. The maximum absolute atomic E-state index is 12.9. The SMILES string of the molecule is C/C=C\C(=C/C1CC1)C(=O)N/N=C1\CCC2C3CCC4CC=CCC45CCC35CCC12C. The lowest BCUT2D eigenvalue weighted by molar-refractivity contribution is -0.235. The van der Waals surface area contributed by atoms with Crippen LogP contribution in [0.4, 0.5) is 0 Å². The largest absolute Gasteiger partial charge is 0.271 e. The van der Waals surface area contributed by atoms with Crippen molar-refractivity contribution in [1.82, 2.24) is 5.43 Å². The summed E-state index contributed by atoms with van der Waals surface area (Å²) in [4.78, 5) is 12.9. The van der Waals surface area contributed by atoms with Crippen molar-refractivity contribution in [3.63, 3.8) is 0 Å². The highest BCUT2D eigenvalue weighted by molar-refractivity contribution is 5.98. The lowest BCUT2D eigenvalue weighted by Gasteiger charge is -2.73. The van der Waals surface area contributed by atoms with Gasteiger partial charge in [0.15, 0.2) is 0 Å². The molecule has 3 nitrogen and oxygen atoms in total. The highest BCUT2D eigenvalue weighted by Gasteiger charge is 2.71. The molecule has 32 heavy (non-hydrogen) atoms. The Hall–Kier alpha value is -1.64. The Morgan fingerprint density at radius 3 is 2.59 bits per heavy atom. The highest BCUT2D eigenvalue weighted by atomic mass is 16.2. The van der Waals surface area contributed by atoms with E-state index in [0.29, 0.717) is 16.7 Å². The van der Waals surface area contributed by atoms with Gasteiger partial charge in [-0.15, -0.1) is 0 Å². The van der Waals surface area contributed by atoms with E-state index in [9.17, 15) is 4.79 Å². The van der Waals surface area contributed by atoms with Gasteiger partial charge in [-0.2, -0.15) is 5.10 Å². The summed E-state index contributed by atoms with van der Waals surface area (Å²) in [5.41, 5.74) is 6.43. The summed E-state index contributed by atoms with van der Waals surface area (Å²) < 4.78 is 0. The van der Waals surface area contributed by atoms with E-state index in [-0.39, 0.29) is 11.3 Å². The van der Waals surface area contributed by atoms with Gasteiger partial charge in [0.25, 0.3) is 5.91 Å². The van der Waals surface area contributed by atoms with E-state index in [1.165, 1.54) is 76.3 Å². The van der Waals surface area contributed by atoms with Crippen LogP contribution < -0.4 is 5.43 Å². The Balaban J connectivity index is 1.22. The molecule has 0 aromatic carbocycles. The van der Waals surface area contributed by atoms with Crippen molar-refractivity contribution in [3.05, 3.63) is 36.0 Å². The Kier molecular flexibility index (Phi) is 4.86. The topological polar surface area (TPSA) is 41.5 Å². The number of carbonyl (C=O) groups is 1. The third-order valence-electron chi connectivity index (χ3n) is 11.1. The molecule has 6 aliphatic rings. The Morgan fingerprint density at radius 2 is 1.84 bits per heavy atom. The molecule has 6 rings (SSSR count). The molecule has 0 aromatic heterocycles. The number of hydrogen-bond donors (Lipinski definition) is 1. The second-order valence-electron chi connectivity index (χ2n) is 12.1. The lowest BCUT2D eigenvalue weighted by Crippen LogP contribution is -2.66. The monoisotopic (exact) mass is 432 g/mol. The fourth-order valence-corrected chi connectivity index (χ4v) is 9.22. The molecule has 2 spiro atoms. The zero-order valence-electron chi connectivity index (χ0n) is 20.0. The van der Waals surface area contributed by atoms with Gasteiger partial charge in [-0.05, 0) is 118 Å². The van der Waals surface area contributed by atoms with E-state index in [0.717, 1.165) is 29.7 Å².